The zero-order valence-corrected chi connectivity index (χ0v) is 18.5. The Labute approximate surface area is 193 Å². The second-order valence-electron chi connectivity index (χ2n) is 8.65. The Hall–Kier alpha value is -3.48. The largest absolute Gasteiger partial charge is 0.454 e. The van der Waals surface area contributed by atoms with Crippen LogP contribution < -0.4 is 5.32 Å². The number of nitrogens with one attached hydrogen (secondary N) is 1. The normalized spacial score (nSPS) is 16.9. The lowest BCUT2D eigenvalue weighted by Crippen LogP contribution is -2.47. The first-order valence-electron chi connectivity index (χ1n) is 11.5. The average Bonchev–Trinajstić information content (AvgIpc) is 3.11. The summed E-state index contributed by atoms with van der Waals surface area (Å²) in [5.41, 5.74) is 1.30. The van der Waals surface area contributed by atoms with Crippen molar-refractivity contribution in [2.75, 3.05) is 13.2 Å². The Bertz CT molecular complexity index is 995. The molecule has 7 nitrogen and oxygen atoms in total. The Balaban J connectivity index is 1.43. The van der Waals surface area contributed by atoms with E-state index in [0.717, 1.165) is 23.3 Å². The van der Waals surface area contributed by atoms with E-state index in [1.807, 2.05) is 30.3 Å². The zero-order valence-electron chi connectivity index (χ0n) is 18.5. The highest BCUT2D eigenvalue weighted by atomic mass is 16.5. The third-order valence-electron chi connectivity index (χ3n) is 6.34. The van der Waals surface area contributed by atoms with Crippen molar-refractivity contribution in [3.05, 3.63) is 71.3 Å². The van der Waals surface area contributed by atoms with Crippen molar-refractivity contribution in [1.29, 1.82) is 0 Å². The van der Waals surface area contributed by atoms with Crippen LogP contribution in [-0.2, 0) is 20.7 Å². The first kappa shape index (κ1) is 22.7. The quantitative estimate of drug-likeness (QED) is 0.495. The Kier molecular flexibility index (Phi) is 7.17. The molecule has 1 heterocycles. The number of imide groups is 1. The lowest BCUT2D eigenvalue weighted by molar-refractivity contribution is -0.152. The van der Waals surface area contributed by atoms with Crippen molar-refractivity contribution < 1.29 is 23.9 Å². The van der Waals surface area contributed by atoms with E-state index in [0.29, 0.717) is 12.5 Å². The molecule has 7 heteroatoms. The van der Waals surface area contributed by atoms with Gasteiger partial charge in [-0.3, -0.25) is 19.3 Å². The first-order chi connectivity index (χ1) is 16.0. The van der Waals surface area contributed by atoms with E-state index in [1.54, 1.807) is 24.3 Å². The van der Waals surface area contributed by atoms with Gasteiger partial charge in [-0.2, -0.15) is 0 Å². The summed E-state index contributed by atoms with van der Waals surface area (Å²) in [6.45, 7) is 0.127. The van der Waals surface area contributed by atoms with Crippen LogP contribution in [0.3, 0.4) is 0 Å². The minimum Gasteiger partial charge on any atom is -0.454 e. The minimum absolute atomic E-state index is 0.106. The van der Waals surface area contributed by atoms with Crippen molar-refractivity contribution in [1.82, 2.24) is 10.2 Å². The van der Waals surface area contributed by atoms with E-state index in [4.69, 9.17) is 4.74 Å². The van der Waals surface area contributed by atoms with Crippen molar-refractivity contribution in [3.8, 4) is 0 Å². The van der Waals surface area contributed by atoms with Crippen LogP contribution in [0.1, 0.15) is 58.4 Å². The van der Waals surface area contributed by atoms with Gasteiger partial charge in [0, 0.05) is 13.0 Å². The summed E-state index contributed by atoms with van der Waals surface area (Å²) in [6.07, 6.45) is 5.89. The molecule has 33 heavy (non-hydrogen) atoms. The van der Waals surface area contributed by atoms with Crippen LogP contribution in [0.15, 0.2) is 54.6 Å². The van der Waals surface area contributed by atoms with Crippen LogP contribution in [0.2, 0.25) is 0 Å². The maximum atomic E-state index is 13.0. The van der Waals surface area contributed by atoms with Crippen molar-refractivity contribution >= 4 is 23.7 Å². The third kappa shape index (κ3) is 5.30. The molecule has 0 aromatic heterocycles. The Morgan fingerprint density at radius 3 is 2.15 bits per heavy atom. The van der Waals surface area contributed by atoms with E-state index in [2.05, 4.69) is 5.32 Å². The number of amides is 3. The Morgan fingerprint density at radius 1 is 0.909 bits per heavy atom. The summed E-state index contributed by atoms with van der Waals surface area (Å²) in [5.74, 6) is -1.76. The summed E-state index contributed by atoms with van der Waals surface area (Å²) in [5, 5.41) is 2.83. The molecule has 1 aliphatic heterocycles. The number of nitrogens with zero attached hydrogens (tertiary/aromatic N) is 1. The van der Waals surface area contributed by atoms with E-state index >= 15 is 0 Å². The monoisotopic (exact) mass is 448 g/mol. The number of esters is 1. The van der Waals surface area contributed by atoms with Gasteiger partial charge in [0.15, 0.2) is 6.61 Å². The topological polar surface area (TPSA) is 92.8 Å². The lowest BCUT2D eigenvalue weighted by Gasteiger charge is -2.25. The van der Waals surface area contributed by atoms with Crippen LogP contribution in [-0.4, -0.2) is 47.8 Å². The number of rotatable bonds is 8. The molecule has 2 aliphatic rings. The average molecular weight is 449 g/mol. The molecule has 0 unspecified atom stereocenters. The number of carbonyl (C=O) groups excluding carboxylic acids is 4. The van der Waals surface area contributed by atoms with Gasteiger partial charge in [-0.05, 0) is 36.5 Å². The fraction of sp³-hybridized carbons (Fsp3) is 0.385. The molecule has 1 atom stereocenters. The second-order valence-corrected chi connectivity index (χ2v) is 8.65. The number of fused-ring (bicyclic) bond motifs is 1. The molecule has 1 aliphatic carbocycles. The molecule has 0 spiro atoms. The molecule has 3 amide bonds. The van der Waals surface area contributed by atoms with Crippen molar-refractivity contribution in [3.63, 3.8) is 0 Å². The summed E-state index contributed by atoms with van der Waals surface area (Å²) in [7, 11) is 0. The second kappa shape index (κ2) is 10.4. The molecule has 0 radical (unpaired) electrons. The van der Waals surface area contributed by atoms with Gasteiger partial charge in [0.2, 0.25) is 0 Å². The molecule has 1 N–H and O–H groups in total. The van der Waals surface area contributed by atoms with Crippen molar-refractivity contribution in [2.24, 2.45) is 5.92 Å². The molecule has 1 fully saturated rings. The SMILES string of the molecule is O=C(COC(=O)[C@H](Cc1ccccc1)N1C(=O)c2ccccc2C1=O)NCC1CCCCC1. The predicted octanol–water partition coefficient (Wildman–Crippen LogP) is 3.13. The summed E-state index contributed by atoms with van der Waals surface area (Å²) in [6, 6.07) is 14.4. The zero-order chi connectivity index (χ0) is 23.2. The van der Waals surface area contributed by atoms with E-state index in [-0.39, 0.29) is 23.5 Å². The van der Waals surface area contributed by atoms with Gasteiger partial charge in [-0.15, -0.1) is 0 Å². The highest BCUT2D eigenvalue weighted by Gasteiger charge is 2.43. The fourth-order valence-electron chi connectivity index (χ4n) is 4.54. The van der Waals surface area contributed by atoms with Gasteiger partial charge >= 0.3 is 5.97 Å². The summed E-state index contributed by atoms with van der Waals surface area (Å²) in [4.78, 5) is 52.2. The molecule has 4 rings (SSSR count). The maximum Gasteiger partial charge on any atom is 0.330 e. The molecule has 2 aromatic rings. The molecule has 0 saturated heterocycles. The van der Waals surface area contributed by atoms with Gasteiger partial charge < -0.3 is 10.1 Å². The molecule has 172 valence electrons. The van der Waals surface area contributed by atoms with E-state index < -0.39 is 30.4 Å². The first-order valence-corrected chi connectivity index (χ1v) is 11.5. The Morgan fingerprint density at radius 2 is 1.52 bits per heavy atom. The number of hydrogen-bond acceptors (Lipinski definition) is 5. The molecule has 0 bridgehead atoms. The number of ether oxygens (including phenoxy) is 1. The standard InChI is InChI=1S/C26H28N2O5/c29-23(27-16-19-11-5-2-6-12-19)17-33-26(32)22(15-18-9-3-1-4-10-18)28-24(30)20-13-7-8-14-21(20)25(28)31/h1,3-4,7-10,13-14,19,22H,2,5-6,11-12,15-17H2,(H,27,29)/t22-/m0/s1. The molecular formula is C26H28N2O5. The number of hydrogen-bond donors (Lipinski definition) is 1. The lowest BCUT2D eigenvalue weighted by atomic mass is 9.89. The summed E-state index contributed by atoms with van der Waals surface area (Å²) < 4.78 is 5.29. The van der Waals surface area contributed by atoms with Gasteiger partial charge in [-0.1, -0.05) is 61.7 Å². The van der Waals surface area contributed by atoms with Crippen LogP contribution in [0.5, 0.6) is 0 Å². The predicted molar refractivity (Wildman–Crippen MR) is 121 cm³/mol. The number of benzene rings is 2. The smallest absolute Gasteiger partial charge is 0.330 e. The molecule has 2 aromatic carbocycles. The third-order valence-corrected chi connectivity index (χ3v) is 6.34. The van der Waals surface area contributed by atoms with Crippen molar-refractivity contribution in [2.45, 2.75) is 44.6 Å². The molecule has 1 saturated carbocycles. The van der Waals surface area contributed by atoms with Crippen LogP contribution in [0, 0.1) is 5.92 Å². The van der Waals surface area contributed by atoms with Gasteiger partial charge in [0.05, 0.1) is 11.1 Å². The number of carbonyl (C=O) groups is 4. The molecular weight excluding hydrogens is 420 g/mol. The van der Waals surface area contributed by atoms with Gasteiger partial charge in [-0.25, -0.2) is 4.79 Å². The minimum atomic E-state index is -1.16. The van der Waals surface area contributed by atoms with E-state index in [9.17, 15) is 19.2 Å². The van der Waals surface area contributed by atoms with Crippen LogP contribution in [0.25, 0.3) is 0 Å². The maximum absolute atomic E-state index is 13.0. The fourth-order valence-corrected chi connectivity index (χ4v) is 4.54. The summed E-state index contributed by atoms with van der Waals surface area (Å²) >= 11 is 0. The van der Waals surface area contributed by atoms with Gasteiger partial charge in [0.1, 0.15) is 6.04 Å². The van der Waals surface area contributed by atoms with Crippen LogP contribution >= 0.6 is 0 Å². The van der Waals surface area contributed by atoms with E-state index in [1.165, 1.54) is 19.3 Å². The van der Waals surface area contributed by atoms with Crippen LogP contribution in [0.4, 0.5) is 0 Å². The van der Waals surface area contributed by atoms with Gasteiger partial charge in [0.25, 0.3) is 17.7 Å². The highest BCUT2D eigenvalue weighted by molar-refractivity contribution is 6.22. The highest BCUT2D eigenvalue weighted by Crippen LogP contribution is 2.26.